The van der Waals surface area contributed by atoms with E-state index in [1.165, 1.54) is 11.7 Å². The van der Waals surface area contributed by atoms with Crippen molar-refractivity contribution < 1.29 is 0 Å². The molecule has 0 aromatic heterocycles. The standard InChI is InChI=1S/C3H4ClN/c4-2-1-3-5/h2-3H,5H2. The van der Waals surface area contributed by atoms with Crippen molar-refractivity contribution in [1.29, 1.82) is 0 Å². The van der Waals surface area contributed by atoms with Crippen LogP contribution in [0.1, 0.15) is 0 Å². The van der Waals surface area contributed by atoms with Gasteiger partial charge in [0.25, 0.3) is 0 Å². The highest BCUT2D eigenvalue weighted by Crippen LogP contribution is 1.66. The van der Waals surface area contributed by atoms with Gasteiger partial charge in [-0.2, -0.15) is 0 Å². The molecular weight excluding hydrogens is 85.5 g/mol. The first-order valence-corrected chi connectivity index (χ1v) is 1.57. The predicted octanol–water partition coefficient (Wildman–Crippen LogP) is 0.810. The van der Waals surface area contributed by atoms with Gasteiger partial charge in [0, 0.05) is 11.7 Å². The Kier molecular flexibility index (Phi) is 3.33. The average molecular weight is 89.5 g/mol. The maximum Gasteiger partial charge on any atom is 0.0477 e. The van der Waals surface area contributed by atoms with E-state index in [0.29, 0.717) is 0 Å². The first-order chi connectivity index (χ1) is 2.41. The van der Waals surface area contributed by atoms with Crippen molar-refractivity contribution >= 4 is 11.6 Å². The number of nitrogens with two attached hydrogens (primary N) is 1. The molecule has 0 aromatic carbocycles. The van der Waals surface area contributed by atoms with Gasteiger partial charge in [0.2, 0.25) is 0 Å². The molecule has 5 heavy (non-hydrogen) atoms. The van der Waals surface area contributed by atoms with Crippen molar-refractivity contribution in [3.05, 3.63) is 17.5 Å². The third kappa shape index (κ3) is 3.61. The van der Waals surface area contributed by atoms with Crippen LogP contribution in [0.4, 0.5) is 0 Å². The van der Waals surface area contributed by atoms with E-state index < -0.39 is 0 Å². The van der Waals surface area contributed by atoms with E-state index in [-0.39, 0.29) is 0 Å². The molecule has 28 valence electrons. The number of hydrogen-bond donors (Lipinski definition) is 1. The third-order valence-electron chi connectivity index (χ3n) is 0.159. The molecule has 2 heteroatoms. The maximum absolute atomic E-state index is 4.95. The first-order valence-electron chi connectivity index (χ1n) is 1.13. The molecule has 0 radical (unpaired) electrons. The molecule has 0 aromatic rings. The Bertz CT molecular complexity index is 55.3. The summed E-state index contributed by atoms with van der Waals surface area (Å²) in [5.41, 5.74) is 8.41. The van der Waals surface area contributed by atoms with Crippen molar-refractivity contribution in [3.8, 4) is 0 Å². The molecule has 0 aliphatic carbocycles. The normalized spacial score (nSPS) is 5.00. The minimum absolute atomic E-state index is 1.22. The zero-order valence-corrected chi connectivity index (χ0v) is 3.37. The van der Waals surface area contributed by atoms with Crippen molar-refractivity contribution in [1.82, 2.24) is 0 Å². The van der Waals surface area contributed by atoms with Gasteiger partial charge in [-0.05, 0) is 0 Å². The number of halogens is 1. The minimum atomic E-state index is 1.22. The molecule has 0 bridgehead atoms. The van der Waals surface area contributed by atoms with E-state index in [1.54, 1.807) is 0 Å². The molecule has 0 spiro atoms. The molecular formula is C3H4ClN. The van der Waals surface area contributed by atoms with Crippen LogP contribution in [0.3, 0.4) is 0 Å². The highest BCUT2D eigenvalue weighted by Gasteiger charge is 1.37. The Balaban J connectivity index is 3.26. The second-order valence-corrected chi connectivity index (χ2v) is 0.661. The van der Waals surface area contributed by atoms with E-state index >= 15 is 0 Å². The third-order valence-corrected chi connectivity index (χ3v) is 0.285. The summed E-state index contributed by atoms with van der Waals surface area (Å²) in [5, 5.41) is 0. The fourth-order valence-corrected chi connectivity index (χ4v) is 0.109. The van der Waals surface area contributed by atoms with E-state index in [0.717, 1.165) is 0 Å². The summed E-state index contributed by atoms with van der Waals surface area (Å²) in [6.45, 7) is 0. The molecule has 0 amide bonds. The zero-order valence-electron chi connectivity index (χ0n) is 2.61. The molecule has 0 rings (SSSR count). The second kappa shape index (κ2) is 3.61. The SMILES string of the molecule is NC=C=CCl. The van der Waals surface area contributed by atoms with Crippen molar-refractivity contribution in [2.75, 3.05) is 0 Å². The molecule has 0 fully saturated rings. The fourth-order valence-electron chi connectivity index (χ4n) is 0.0364. The van der Waals surface area contributed by atoms with Crippen LogP contribution >= 0.6 is 11.6 Å². The van der Waals surface area contributed by atoms with E-state index in [1.807, 2.05) is 0 Å². The largest absolute Gasteiger partial charge is 0.398 e. The van der Waals surface area contributed by atoms with Crippen molar-refractivity contribution in [2.45, 2.75) is 0 Å². The van der Waals surface area contributed by atoms with E-state index in [4.69, 9.17) is 17.3 Å². The molecule has 0 saturated heterocycles. The Hall–Kier alpha value is -0.390. The Morgan fingerprint density at radius 3 is 2.40 bits per heavy atom. The fraction of sp³-hybridized carbons (Fsp3) is 0. The van der Waals surface area contributed by atoms with Gasteiger partial charge >= 0.3 is 0 Å². The van der Waals surface area contributed by atoms with Crippen LogP contribution in [-0.2, 0) is 0 Å². The summed E-state index contributed by atoms with van der Waals surface area (Å²) >= 11 is 4.95. The lowest BCUT2D eigenvalue weighted by atomic mass is 10.9. The average Bonchev–Trinajstić information content (AvgIpc) is 1.41. The number of rotatable bonds is 0. The van der Waals surface area contributed by atoms with E-state index in [2.05, 4.69) is 5.73 Å². The molecule has 0 saturated carbocycles. The monoisotopic (exact) mass is 89.0 g/mol. The molecule has 0 atom stereocenters. The molecule has 0 aliphatic rings. The Labute approximate surface area is 35.7 Å². The van der Waals surface area contributed by atoms with Crippen LogP contribution < -0.4 is 5.73 Å². The Morgan fingerprint density at radius 2 is 2.40 bits per heavy atom. The van der Waals surface area contributed by atoms with Gasteiger partial charge < -0.3 is 5.73 Å². The molecule has 0 heterocycles. The highest BCUT2D eigenvalue weighted by atomic mass is 35.5. The smallest absolute Gasteiger partial charge is 0.0477 e. The lowest BCUT2D eigenvalue weighted by Gasteiger charge is -1.49. The van der Waals surface area contributed by atoms with Gasteiger partial charge in [-0.15, -0.1) is 0 Å². The van der Waals surface area contributed by atoms with Gasteiger partial charge in [0.15, 0.2) is 0 Å². The Morgan fingerprint density at radius 1 is 1.80 bits per heavy atom. The van der Waals surface area contributed by atoms with Gasteiger partial charge in [0.05, 0.1) is 0 Å². The van der Waals surface area contributed by atoms with Crippen LogP contribution in [0.25, 0.3) is 0 Å². The summed E-state index contributed by atoms with van der Waals surface area (Å²) in [6, 6.07) is 0. The predicted molar refractivity (Wildman–Crippen MR) is 22.7 cm³/mol. The molecule has 1 nitrogen and oxygen atoms in total. The summed E-state index contributed by atoms with van der Waals surface area (Å²) in [7, 11) is 0. The van der Waals surface area contributed by atoms with Crippen LogP contribution in [0.15, 0.2) is 17.5 Å². The summed E-state index contributed by atoms with van der Waals surface area (Å²) in [4.78, 5) is 0. The van der Waals surface area contributed by atoms with E-state index in [9.17, 15) is 0 Å². The van der Waals surface area contributed by atoms with Crippen LogP contribution in [0.2, 0.25) is 0 Å². The van der Waals surface area contributed by atoms with Crippen LogP contribution in [0, 0.1) is 0 Å². The summed E-state index contributed by atoms with van der Waals surface area (Å²) in [5.74, 6) is 0. The van der Waals surface area contributed by atoms with Gasteiger partial charge in [-0.25, -0.2) is 0 Å². The van der Waals surface area contributed by atoms with Gasteiger partial charge in [-0.1, -0.05) is 17.3 Å². The lowest BCUT2D eigenvalue weighted by molar-refractivity contribution is 1.63. The zero-order chi connectivity index (χ0) is 4.12. The van der Waals surface area contributed by atoms with Gasteiger partial charge in [0.1, 0.15) is 0 Å². The first kappa shape index (κ1) is 4.61. The minimum Gasteiger partial charge on any atom is -0.398 e. The van der Waals surface area contributed by atoms with Gasteiger partial charge in [-0.3, -0.25) is 0 Å². The summed E-state index contributed by atoms with van der Waals surface area (Å²) in [6.07, 6.45) is 1.24. The molecule has 0 unspecified atom stereocenters. The maximum atomic E-state index is 4.95. The lowest BCUT2D eigenvalue weighted by Crippen LogP contribution is -1.68. The van der Waals surface area contributed by atoms with Crippen LogP contribution in [0.5, 0.6) is 0 Å². The molecule has 0 aliphatic heterocycles. The molecule has 2 N–H and O–H groups in total. The van der Waals surface area contributed by atoms with Crippen molar-refractivity contribution in [3.63, 3.8) is 0 Å². The van der Waals surface area contributed by atoms with Crippen LogP contribution in [-0.4, -0.2) is 0 Å². The summed E-state index contributed by atoms with van der Waals surface area (Å²) < 4.78 is 0. The highest BCUT2D eigenvalue weighted by molar-refractivity contribution is 6.25. The quantitative estimate of drug-likeness (QED) is 0.437. The van der Waals surface area contributed by atoms with Crippen molar-refractivity contribution in [2.24, 2.45) is 5.73 Å². The number of hydrogen-bond acceptors (Lipinski definition) is 1. The second-order valence-electron chi connectivity index (χ2n) is 0.442. The topological polar surface area (TPSA) is 26.0 Å².